The number of nitrogens with one attached hydrogen (secondary N) is 1. The lowest BCUT2D eigenvalue weighted by molar-refractivity contribution is 0.334. The molecule has 1 saturated carbocycles. The summed E-state index contributed by atoms with van der Waals surface area (Å²) in [5.41, 5.74) is 2.65. The first-order valence-electron chi connectivity index (χ1n) is 7.21. The van der Waals surface area contributed by atoms with Gasteiger partial charge in [0.15, 0.2) is 0 Å². The van der Waals surface area contributed by atoms with Gasteiger partial charge in [0.25, 0.3) is 0 Å². The van der Waals surface area contributed by atoms with Gasteiger partial charge in [0.2, 0.25) is 0 Å². The summed E-state index contributed by atoms with van der Waals surface area (Å²) in [7, 11) is 0. The third-order valence-electron chi connectivity index (χ3n) is 4.07. The predicted molar refractivity (Wildman–Crippen MR) is 79.1 cm³/mol. The van der Waals surface area contributed by atoms with Crippen LogP contribution in [-0.2, 0) is 6.54 Å². The van der Waals surface area contributed by atoms with E-state index in [-0.39, 0.29) is 0 Å². The zero-order valence-corrected chi connectivity index (χ0v) is 12.1. The quantitative estimate of drug-likeness (QED) is 0.761. The van der Waals surface area contributed by atoms with Crippen LogP contribution in [0.25, 0.3) is 0 Å². The first-order chi connectivity index (χ1) is 8.75. The minimum Gasteiger partial charge on any atom is -0.313 e. The molecule has 0 spiro atoms. The third-order valence-corrected chi connectivity index (χ3v) is 4.31. The molecule has 2 rings (SSSR count). The van der Waals surface area contributed by atoms with Gasteiger partial charge in [0.05, 0.1) is 0 Å². The Kier molecular flexibility index (Phi) is 5.52. The summed E-state index contributed by atoms with van der Waals surface area (Å²) in [4.78, 5) is 0. The number of rotatable bonds is 5. The van der Waals surface area contributed by atoms with Gasteiger partial charge in [-0.2, -0.15) is 0 Å². The average Bonchev–Trinajstić information content (AvgIpc) is 2.38. The van der Waals surface area contributed by atoms with Crippen LogP contribution in [0.3, 0.4) is 0 Å². The standard InChI is InChI=1S/C16H24ClN/c1-13-11-16(17)8-7-15(13)12-18-10-9-14-5-3-2-4-6-14/h7-8,11,14,18H,2-6,9-10,12H2,1H3. The van der Waals surface area contributed by atoms with Gasteiger partial charge in [-0.25, -0.2) is 0 Å². The maximum absolute atomic E-state index is 5.96. The fourth-order valence-electron chi connectivity index (χ4n) is 2.86. The molecule has 0 amide bonds. The Hall–Kier alpha value is -0.530. The molecule has 0 saturated heterocycles. The van der Waals surface area contributed by atoms with Gasteiger partial charge >= 0.3 is 0 Å². The zero-order valence-electron chi connectivity index (χ0n) is 11.3. The molecular formula is C16H24ClN. The SMILES string of the molecule is Cc1cc(Cl)ccc1CNCCC1CCCCC1. The van der Waals surface area contributed by atoms with E-state index in [0.29, 0.717) is 0 Å². The van der Waals surface area contributed by atoms with Crippen molar-refractivity contribution in [3.63, 3.8) is 0 Å². The van der Waals surface area contributed by atoms with Crippen molar-refractivity contribution in [1.29, 1.82) is 0 Å². The van der Waals surface area contributed by atoms with Gasteiger partial charge in [0.1, 0.15) is 0 Å². The molecule has 1 aromatic rings. The fourth-order valence-corrected chi connectivity index (χ4v) is 3.09. The van der Waals surface area contributed by atoms with Crippen molar-refractivity contribution in [3.05, 3.63) is 34.3 Å². The number of benzene rings is 1. The minimum atomic E-state index is 0.832. The predicted octanol–water partition coefficient (Wildman–Crippen LogP) is 4.71. The smallest absolute Gasteiger partial charge is 0.0408 e. The van der Waals surface area contributed by atoms with E-state index < -0.39 is 0 Å². The molecule has 100 valence electrons. The molecule has 1 aliphatic carbocycles. The van der Waals surface area contributed by atoms with Crippen LogP contribution in [0.5, 0.6) is 0 Å². The highest BCUT2D eigenvalue weighted by atomic mass is 35.5. The van der Waals surface area contributed by atoms with Gasteiger partial charge in [0, 0.05) is 11.6 Å². The average molecular weight is 266 g/mol. The first-order valence-corrected chi connectivity index (χ1v) is 7.59. The van der Waals surface area contributed by atoms with E-state index in [1.54, 1.807) is 0 Å². The summed E-state index contributed by atoms with van der Waals surface area (Å²) in [6.45, 7) is 4.24. The van der Waals surface area contributed by atoms with Crippen molar-refractivity contribution in [2.24, 2.45) is 5.92 Å². The normalized spacial score (nSPS) is 17.0. The Morgan fingerprint density at radius 3 is 2.72 bits per heavy atom. The highest BCUT2D eigenvalue weighted by Gasteiger charge is 2.12. The van der Waals surface area contributed by atoms with E-state index in [0.717, 1.165) is 24.0 Å². The molecule has 1 fully saturated rings. The highest BCUT2D eigenvalue weighted by molar-refractivity contribution is 6.30. The van der Waals surface area contributed by atoms with Crippen molar-refractivity contribution in [2.45, 2.75) is 52.0 Å². The second-order valence-electron chi connectivity index (χ2n) is 5.54. The second-order valence-corrected chi connectivity index (χ2v) is 5.98. The molecule has 1 N–H and O–H groups in total. The Labute approximate surface area is 116 Å². The van der Waals surface area contributed by atoms with E-state index in [9.17, 15) is 0 Å². The summed E-state index contributed by atoms with van der Waals surface area (Å²) < 4.78 is 0. The maximum Gasteiger partial charge on any atom is 0.0408 e. The Balaban J connectivity index is 1.68. The van der Waals surface area contributed by atoms with Crippen molar-refractivity contribution in [1.82, 2.24) is 5.32 Å². The van der Waals surface area contributed by atoms with Crippen LogP contribution in [0.2, 0.25) is 5.02 Å². The largest absolute Gasteiger partial charge is 0.313 e. The van der Waals surface area contributed by atoms with Crippen LogP contribution in [0, 0.1) is 12.8 Å². The first kappa shape index (κ1) is 13.9. The van der Waals surface area contributed by atoms with Crippen molar-refractivity contribution in [2.75, 3.05) is 6.54 Å². The Morgan fingerprint density at radius 2 is 2.00 bits per heavy atom. The van der Waals surface area contributed by atoms with Gasteiger partial charge < -0.3 is 5.32 Å². The monoisotopic (exact) mass is 265 g/mol. The topological polar surface area (TPSA) is 12.0 Å². The molecule has 0 aromatic heterocycles. The zero-order chi connectivity index (χ0) is 12.8. The summed E-state index contributed by atoms with van der Waals surface area (Å²) in [5, 5.41) is 4.40. The van der Waals surface area contributed by atoms with E-state index in [1.165, 1.54) is 49.7 Å². The molecule has 0 atom stereocenters. The summed E-state index contributed by atoms with van der Waals surface area (Å²) in [6, 6.07) is 6.15. The molecule has 0 aliphatic heterocycles. The summed E-state index contributed by atoms with van der Waals surface area (Å²) >= 11 is 5.96. The lowest BCUT2D eigenvalue weighted by atomic mass is 9.87. The van der Waals surface area contributed by atoms with Gasteiger partial charge in [-0.1, -0.05) is 49.8 Å². The van der Waals surface area contributed by atoms with E-state index in [1.807, 2.05) is 12.1 Å². The van der Waals surface area contributed by atoms with Crippen LogP contribution in [0.15, 0.2) is 18.2 Å². The number of halogens is 1. The lowest BCUT2D eigenvalue weighted by Crippen LogP contribution is -2.19. The fraction of sp³-hybridized carbons (Fsp3) is 0.625. The van der Waals surface area contributed by atoms with Crippen molar-refractivity contribution >= 4 is 11.6 Å². The second kappa shape index (κ2) is 7.16. The van der Waals surface area contributed by atoms with Crippen LogP contribution in [0.1, 0.15) is 49.7 Å². The van der Waals surface area contributed by atoms with E-state index >= 15 is 0 Å². The molecule has 0 bridgehead atoms. The van der Waals surface area contributed by atoms with Crippen LogP contribution >= 0.6 is 11.6 Å². The third kappa shape index (κ3) is 4.29. The molecule has 1 aliphatic rings. The van der Waals surface area contributed by atoms with Crippen LogP contribution in [-0.4, -0.2) is 6.54 Å². The lowest BCUT2D eigenvalue weighted by Gasteiger charge is -2.21. The highest BCUT2D eigenvalue weighted by Crippen LogP contribution is 2.25. The number of hydrogen-bond donors (Lipinski definition) is 1. The number of hydrogen-bond acceptors (Lipinski definition) is 1. The van der Waals surface area contributed by atoms with Gasteiger partial charge in [-0.3, -0.25) is 0 Å². The maximum atomic E-state index is 5.96. The molecule has 0 heterocycles. The minimum absolute atomic E-state index is 0.832. The molecule has 18 heavy (non-hydrogen) atoms. The molecule has 1 nitrogen and oxygen atoms in total. The Morgan fingerprint density at radius 1 is 1.22 bits per heavy atom. The molecule has 0 unspecified atom stereocenters. The van der Waals surface area contributed by atoms with E-state index in [4.69, 9.17) is 11.6 Å². The molecule has 1 aromatic carbocycles. The summed E-state index contributed by atoms with van der Waals surface area (Å²) in [5.74, 6) is 0.970. The van der Waals surface area contributed by atoms with Crippen LogP contribution < -0.4 is 5.32 Å². The van der Waals surface area contributed by atoms with Crippen molar-refractivity contribution < 1.29 is 0 Å². The van der Waals surface area contributed by atoms with E-state index in [2.05, 4.69) is 18.3 Å². The van der Waals surface area contributed by atoms with Crippen LogP contribution in [0.4, 0.5) is 0 Å². The van der Waals surface area contributed by atoms with Gasteiger partial charge in [-0.05, 0) is 49.1 Å². The summed E-state index contributed by atoms with van der Waals surface area (Å²) in [6.07, 6.45) is 8.58. The molecular weight excluding hydrogens is 242 g/mol. The molecule has 0 radical (unpaired) electrons. The number of aryl methyl sites for hydroxylation is 1. The van der Waals surface area contributed by atoms with Gasteiger partial charge in [-0.15, -0.1) is 0 Å². The Bertz CT molecular complexity index is 369. The van der Waals surface area contributed by atoms with Crippen molar-refractivity contribution in [3.8, 4) is 0 Å². The molecule has 2 heteroatoms.